The van der Waals surface area contributed by atoms with Crippen molar-refractivity contribution in [1.82, 2.24) is 5.32 Å². The van der Waals surface area contributed by atoms with E-state index in [0.29, 0.717) is 5.75 Å². The minimum Gasteiger partial charge on any atom is -0.484 e. The number of aliphatic hydroxyl groups excluding tert-OH is 2. The number of carboxylic acid groups (broad SMARTS) is 1. The molecule has 0 heterocycles. The number of amides is 1. The van der Waals surface area contributed by atoms with E-state index in [4.69, 9.17) is 14.9 Å². The van der Waals surface area contributed by atoms with Crippen molar-refractivity contribution in [1.29, 1.82) is 0 Å². The average molecular weight is 528 g/mol. The maximum Gasteiger partial charge on any atom is 0.328 e. The lowest BCUT2D eigenvalue weighted by Crippen LogP contribution is -2.45. The van der Waals surface area contributed by atoms with Crippen LogP contribution in [0.5, 0.6) is 5.75 Å². The van der Waals surface area contributed by atoms with Gasteiger partial charge in [0.05, 0.1) is 12.7 Å². The number of nitrogens with one attached hydrogen (secondary N) is 1. The zero-order valence-electron chi connectivity index (χ0n) is 23.9. The summed E-state index contributed by atoms with van der Waals surface area (Å²) in [6.07, 6.45) is 3.02. The zero-order valence-corrected chi connectivity index (χ0v) is 23.9. The van der Waals surface area contributed by atoms with Gasteiger partial charge in [0.25, 0.3) is 5.91 Å². The highest BCUT2D eigenvalue weighted by Gasteiger charge is 2.32. The minimum absolute atomic E-state index is 0.134. The van der Waals surface area contributed by atoms with Crippen LogP contribution in [0.3, 0.4) is 0 Å². The van der Waals surface area contributed by atoms with Crippen LogP contribution in [0.1, 0.15) is 81.7 Å². The molecule has 0 aliphatic carbocycles. The van der Waals surface area contributed by atoms with Gasteiger partial charge in [-0.2, -0.15) is 0 Å². The van der Waals surface area contributed by atoms with Crippen molar-refractivity contribution in [3.8, 4) is 5.75 Å². The molecule has 7 heteroatoms. The molecule has 0 bridgehead atoms. The largest absolute Gasteiger partial charge is 0.484 e. The van der Waals surface area contributed by atoms with E-state index in [-0.39, 0.29) is 23.5 Å². The first-order chi connectivity index (χ1) is 17.8. The number of aliphatic hydroxyl groups is 2. The fraction of sp³-hybridized carbons (Fsp3) is 0.548. The Morgan fingerprint density at radius 1 is 0.974 bits per heavy atom. The Balaban J connectivity index is 2.23. The van der Waals surface area contributed by atoms with Gasteiger partial charge >= 0.3 is 5.97 Å². The van der Waals surface area contributed by atoms with Crippen molar-refractivity contribution in [2.75, 3.05) is 13.2 Å². The lowest BCUT2D eigenvalue weighted by Gasteiger charge is -2.34. The van der Waals surface area contributed by atoms with Gasteiger partial charge in [0.1, 0.15) is 11.8 Å². The second-order valence-corrected chi connectivity index (χ2v) is 11.3. The summed E-state index contributed by atoms with van der Waals surface area (Å²) in [5, 5.41) is 30.8. The third-order valence-electron chi connectivity index (χ3n) is 7.69. The molecule has 2 aromatic rings. The summed E-state index contributed by atoms with van der Waals surface area (Å²) in [6.45, 7) is 13.6. The quantitative estimate of drug-likeness (QED) is 0.300. The van der Waals surface area contributed by atoms with E-state index in [0.717, 1.165) is 31.2 Å². The SMILES string of the molecule is CCC(CC)(c1ccc(CCC(O)C(C)(C)C)c(C)c1)c1ccc(OCC(=O)N[C@H](CO)C(=O)O)c(C)c1. The Labute approximate surface area is 227 Å². The van der Waals surface area contributed by atoms with Crippen LogP contribution in [0.15, 0.2) is 36.4 Å². The molecule has 0 spiro atoms. The molecule has 1 amide bonds. The molecule has 2 atom stereocenters. The molecular weight excluding hydrogens is 482 g/mol. The summed E-state index contributed by atoms with van der Waals surface area (Å²) in [6, 6.07) is 11.3. The summed E-state index contributed by atoms with van der Waals surface area (Å²) in [5.74, 6) is -1.37. The number of benzene rings is 2. The van der Waals surface area contributed by atoms with Crippen LogP contribution < -0.4 is 10.1 Å². The van der Waals surface area contributed by atoms with E-state index >= 15 is 0 Å². The lowest BCUT2D eigenvalue weighted by atomic mass is 9.69. The summed E-state index contributed by atoms with van der Waals surface area (Å²) >= 11 is 0. The topological polar surface area (TPSA) is 116 Å². The fourth-order valence-corrected chi connectivity index (χ4v) is 4.91. The van der Waals surface area contributed by atoms with Crippen LogP contribution in [0.4, 0.5) is 0 Å². The number of aryl methyl sites for hydroxylation is 3. The van der Waals surface area contributed by atoms with Crippen LogP contribution in [0, 0.1) is 19.3 Å². The molecule has 0 aliphatic rings. The smallest absolute Gasteiger partial charge is 0.328 e. The molecule has 0 aliphatic heterocycles. The first-order valence-corrected chi connectivity index (χ1v) is 13.4. The molecule has 0 saturated carbocycles. The van der Waals surface area contributed by atoms with Crippen molar-refractivity contribution >= 4 is 11.9 Å². The van der Waals surface area contributed by atoms with Gasteiger partial charge in [-0.25, -0.2) is 4.79 Å². The Bertz CT molecular complexity index is 1100. The number of hydrogen-bond donors (Lipinski definition) is 4. The maximum absolute atomic E-state index is 12.1. The zero-order chi connectivity index (χ0) is 28.7. The molecule has 38 heavy (non-hydrogen) atoms. The van der Waals surface area contributed by atoms with Crippen LogP contribution in [-0.2, 0) is 21.4 Å². The Morgan fingerprint density at radius 2 is 1.55 bits per heavy atom. The van der Waals surface area contributed by atoms with Gasteiger partial charge in [-0.05, 0) is 78.8 Å². The van der Waals surface area contributed by atoms with E-state index in [1.807, 2.05) is 19.1 Å². The first-order valence-electron chi connectivity index (χ1n) is 13.4. The molecule has 7 nitrogen and oxygen atoms in total. The van der Waals surface area contributed by atoms with Gasteiger partial charge in [0, 0.05) is 5.41 Å². The van der Waals surface area contributed by atoms with Crippen LogP contribution in [0.2, 0.25) is 0 Å². The summed E-state index contributed by atoms with van der Waals surface area (Å²) in [7, 11) is 0. The Hall–Kier alpha value is -2.90. The number of carbonyl (C=O) groups excluding carboxylic acids is 1. The van der Waals surface area contributed by atoms with E-state index in [9.17, 15) is 14.7 Å². The Kier molecular flexibility index (Phi) is 10.9. The predicted octanol–water partition coefficient (Wildman–Crippen LogP) is 4.69. The summed E-state index contributed by atoms with van der Waals surface area (Å²) in [4.78, 5) is 23.1. The normalized spacial score (nSPS) is 13.6. The van der Waals surface area contributed by atoms with Crippen molar-refractivity contribution in [3.63, 3.8) is 0 Å². The highest BCUT2D eigenvalue weighted by molar-refractivity contribution is 5.84. The van der Waals surface area contributed by atoms with Gasteiger partial charge in [-0.1, -0.05) is 65.0 Å². The molecule has 0 radical (unpaired) electrons. The summed E-state index contributed by atoms with van der Waals surface area (Å²) < 4.78 is 5.66. The molecule has 0 saturated heterocycles. The van der Waals surface area contributed by atoms with Crippen LogP contribution in [-0.4, -0.2) is 52.6 Å². The monoisotopic (exact) mass is 527 g/mol. The van der Waals surface area contributed by atoms with E-state index < -0.39 is 24.5 Å². The van der Waals surface area contributed by atoms with Crippen molar-refractivity contribution in [2.45, 2.75) is 91.7 Å². The maximum atomic E-state index is 12.1. The average Bonchev–Trinajstić information content (AvgIpc) is 2.86. The van der Waals surface area contributed by atoms with Gasteiger partial charge < -0.3 is 25.4 Å². The number of carbonyl (C=O) groups is 2. The van der Waals surface area contributed by atoms with Gasteiger partial charge in [-0.15, -0.1) is 0 Å². The number of rotatable bonds is 13. The second-order valence-electron chi connectivity index (χ2n) is 11.3. The molecular formula is C31H45NO6. The highest BCUT2D eigenvalue weighted by atomic mass is 16.5. The molecule has 0 fully saturated rings. The van der Waals surface area contributed by atoms with Crippen molar-refractivity contribution in [3.05, 3.63) is 64.2 Å². The summed E-state index contributed by atoms with van der Waals surface area (Å²) in [5.41, 5.74) is 5.44. The highest BCUT2D eigenvalue weighted by Crippen LogP contribution is 2.41. The van der Waals surface area contributed by atoms with Gasteiger partial charge in [0.2, 0.25) is 0 Å². The number of aliphatic carboxylic acids is 1. The first kappa shape index (κ1) is 31.3. The fourth-order valence-electron chi connectivity index (χ4n) is 4.91. The number of ether oxygens (including phenoxy) is 1. The second kappa shape index (κ2) is 13.3. The lowest BCUT2D eigenvalue weighted by molar-refractivity contribution is -0.143. The van der Waals surface area contributed by atoms with Crippen LogP contribution in [0.25, 0.3) is 0 Å². The Morgan fingerprint density at radius 3 is 2.03 bits per heavy atom. The molecule has 210 valence electrons. The number of carboxylic acids is 1. The van der Waals surface area contributed by atoms with E-state index in [1.165, 1.54) is 22.3 Å². The third-order valence-corrected chi connectivity index (χ3v) is 7.69. The molecule has 1 unspecified atom stereocenters. The third kappa shape index (κ3) is 7.58. The predicted molar refractivity (Wildman–Crippen MR) is 150 cm³/mol. The van der Waals surface area contributed by atoms with Gasteiger partial charge in [0.15, 0.2) is 6.61 Å². The molecule has 2 aromatic carbocycles. The van der Waals surface area contributed by atoms with Crippen molar-refractivity contribution < 1.29 is 29.6 Å². The molecule has 4 N–H and O–H groups in total. The van der Waals surface area contributed by atoms with E-state index in [2.05, 4.69) is 71.1 Å². The standard InChI is InChI=1S/C31H45NO6/c1-8-31(9-2,23-12-10-22(20(3)16-23)11-15-27(34)30(5,6)7)24-13-14-26(21(4)17-24)38-19-28(35)32-25(18-33)29(36)37/h10,12-14,16-17,25,27,33-34H,8-9,11,15,18-19H2,1-7H3,(H,32,35)(H,36,37)/t25-,27?/m1/s1. The van der Waals surface area contributed by atoms with E-state index in [1.54, 1.807) is 0 Å². The minimum atomic E-state index is -1.36. The van der Waals surface area contributed by atoms with Gasteiger partial charge in [-0.3, -0.25) is 4.79 Å². The van der Waals surface area contributed by atoms with Crippen LogP contribution >= 0.6 is 0 Å². The van der Waals surface area contributed by atoms with Crippen molar-refractivity contribution in [2.24, 2.45) is 5.41 Å². The number of hydrogen-bond acceptors (Lipinski definition) is 5. The molecule has 2 rings (SSSR count). The molecule has 0 aromatic heterocycles.